The molecular formula is C12H13N5O4. The third-order valence-electron chi connectivity index (χ3n) is 2.62. The van der Waals surface area contributed by atoms with Gasteiger partial charge in [-0.15, -0.1) is 0 Å². The van der Waals surface area contributed by atoms with Crippen LogP contribution in [0.4, 0.5) is 11.5 Å². The molecule has 9 heteroatoms. The quantitative estimate of drug-likeness (QED) is 0.503. The average molecular weight is 291 g/mol. The molecule has 0 aliphatic heterocycles. The fourth-order valence-corrected chi connectivity index (χ4v) is 1.65. The van der Waals surface area contributed by atoms with Crippen LogP contribution in [0.15, 0.2) is 24.5 Å². The maximum atomic E-state index is 11.6. The second kappa shape index (κ2) is 5.99. The summed E-state index contributed by atoms with van der Waals surface area (Å²) < 4.78 is 6.01. The van der Waals surface area contributed by atoms with Crippen molar-refractivity contribution in [2.45, 2.75) is 6.92 Å². The molecule has 0 saturated carbocycles. The first-order valence-electron chi connectivity index (χ1n) is 6.12. The first kappa shape index (κ1) is 14.4. The Morgan fingerprint density at radius 2 is 2.29 bits per heavy atom. The van der Waals surface area contributed by atoms with E-state index in [1.807, 2.05) is 0 Å². The van der Waals surface area contributed by atoms with Gasteiger partial charge in [0.25, 0.3) is 0 Å². The molecule has 0 aromatic carbocycles. The first-order valence-corrected chi connectivity index (χ1v) is 6.12. The molecule has 0 atom stereocenters. The summed E-state index contributed by atoms with van der Waals surface area (Å²) in [5.74, 6) is -0.0812. The van der Waals surface area contributed by atoms with Gasteiger partial charge in [-0.1, -0.05) is 0 Å². The molecule has 0 radical (unpaired) electrons. The third kappa shape index (κ3) is 2.96. The van der Waals surface area contributed by atoms with Crippen LogP contribution >= 0.6 is 0 Å². The lowest BCUT2D eigenvalue weighted by Crippen LogP contribution is -2.06. The Morgan fingerprint density at radius 1 is 1.52 bits per heavy atom. The predicted octanol–water partition coefficient (Wildman–Crippen LogP) is 1.39. The first-order chi connectivity index (χ1) is 10.1. The molecule has 9 nitrogen and oxygen atoms in total. The van der Waals surface area contributed by atoms with E-state index in [0.717, 1.165) is 0 Å². The van der Waals surface area contributed by atoms with Gasteiger partial charge in [0.15, 0.2) is 0 Å². The fourth-order valence-electron chi connectivity index (χ4n) is 1.65. The zero-order chi connectivity index (χ0) is 15.4. The standard InChI is InChI=1S/C12H13N5O4/c1-3-21-12(18)8-6-14-16(7-8)11-9(17(19)20)4-5-10(13-2)15-11/h4-7H,3H2,1-2H3,(H,13,15). The highest BCUT2D eigenvalue weighted by atomic mass is 16.6. The molecule has 2 rings (SSSR count). The molecule has 2 aromatic heterocycles. The van der Waals surface area contributed by atoms with Crippen molar-refractivity contribution in [3.63, 3.8) is 0 Å². The van der Waals surface area contributed by atoms with Crippen LogP contribution in [0.5, 0.6) is 0 Å². The van der Waals surface area contributed by atoms with Gasteiger partial charge >= 0.3 is 11.7 Å². The van der Waals surface area contributed by atoms with E-state index in [0.29, 0.717) is 5.82 Å². The Balaban J connectivity index is 2.45. The van der Waals surface area contributed by atoms with Crippen molar-refractivity contribution in [1.82, 2.24) is 14.8 Å². The summed E-state index contributed by atoms with van der Waals surface area (Å²) in [6.07, 6.45) is 2.61. The van der Waals surface area contributed by atoms with Crippen molar-refractivity contribution >= 4 is 17.5 Å². The summed E-state index contributed by atoms with van der Waals surface area (Å²) in [5.41, 5.74) is -0.0182. The molecule has 0 spiro atoms. The van der Waals surface area contributed by atoms with Gasteiger partial charge in [0.1, 0.15) is 5.82 Å². The summed E-state index contributed by atoms with van der Waals surface area (Å²) in [6, 6.07) is 2.80. The molecule has 0 bridgehead atoms. The third-order valence-corrected chi connectivity index (χ3v) is 2.62. The number of aromatic nitrogens is 3. The number of hydrogen-bond acceptors (Lipinski definition) is 7. The van der Waals surface area contributed by atoms with Crippen LogP contribution in [-0.2, 0) is 4.74 Å². The lowest BCUT2D eigenvalue weighted by molar-refractivity contribution is -0.384. The van der Waals surface area contributed by atoms with Gasteiger partial charge in [0, 0.05) is 19.3 Å². The molecule has 2 aromatic rings. The van der Waals surface area contributed by atoms with Gasteiger partial charge in [-0.25, -0.2) is 14.5 Å². The highest BCUT2D eigenvalue weighted by molar-refractivity contribution is 5.88. The number of rotatable bonds is 5. The van der Waals surface area contributed by atoms with Gasteiger partial charge in [-0.2, -0.15) is 5.10 Å². The topological polar surface area (TPSA) is 112 Å². The number of anilines is 1. The molecule has 0 fully saturated rings. The zero-order valence-corrected chi connectivity index (χ0v) is 11.4. The smallest absolute Gasteiger partial charge is 0.341 e. The summed E-state index contributed by atoms with van der Waals surface area (Å²) in [4.78, 5) is 26.2. The molecule has 0 aliphatic carbocycles. The summed E-state index contributed by atoms with van der Waals surface area (Å²) in [5, 5.41) is 17.8. The molecule has 1 N–H and O–H groups in total. The van der Waals surface area contributed by atoms with Crippen molar-refractivity contribution in [3.8, 4) is 5.82 Å². The van der Waals surface area contributed by atoms with Crippen molar-refractivity contribution in [2.75, 3.05) is 19.0 Å². The van der Waals surface area contributed by atoms with Crippen molar-refractivity contribution in [3.05, 3.63) is 40.2 Å². The van der Waals surface area contributed by atoms with Crippen molar-refractivity contribution < 1.29 is 14.5 Å². The largest absolute Gasteiger partial charge is 0.462 e. The Morgan fingerprint density at radius 3 is 2.90 bits per heavy atom. The van der Waals surface area contributed by atoms with Crippen molar-refractivity contribution in [1.29, 1.82) is 0 Å². The Kier molecular flexibility index (Phi) is 4.12. The molecule has 0 saturated heterocycles. The van der Waals surface area contributed by atoms with E-state index >= 15 is 0 Å². The number of nitrogens with one attached hydrogen (secondary N) is 1. The van der Waals surface area contributed by atoms with E-state index in [9.17, 15) is 14.9 Å². The summed E-state index contributed by atoms with van der Waals surface area (Å²) in [7, 11) is 1.64. The van der Waals surface area contributed by atoms with E-state index in [-0.39, 0.29) is 23.7 Å². The molecule has 2 heterocycles. The molecule has 0 unspecified atom stereocenters. The highest BCUT2D eigenvalue weighted by Crippen LogP contribution is 2.22. The van der Waals surface area contributed by atoms with Crippen molar-refractivity contribution in [2.24, 2.45) is 0 Å². The molecule has 0 aliphatic rings. The summed E-state index contributed by atoms with van der Waals surface area (Å²) >= 11 is 0. The number of carbonyl (C=O) groups excluding carboxylic acids is 1. The second-order valence-corrected chi connectivity index (χ2v) is 3.94. The molecule has 21 heavy (non-hydrogen) atoms. The van der Waals surface area contributed by atoms with Crippen LogP contribution in [0, 0.1) is 10.1 Å². The average Bonchev–Trinajstić information content (AvgIpc) is 2.96. The number of pyridine rings is 1. The number of nitro groups is 1. The fraction of sp³-hybridized carbons (Fsp3) is 0.250. The van der Waals surface area contributed by atoms with E-state index in [1.165, 1.54) is 29.2 Å². The van der Waals surface area contributed by atoms with E-state index < -0.39 is 10.9 Å². The van der Waals surface area contributed by atoms with Crippen LogP contribution in [0.25, 0.3) is 5.82 Å². The molecular weight excluding hydrogens is 278 g/mol. The number of nitrogens with zero attached hydrogens (tertiary/aromatic N) is 4. The highest BCUT2D eigenvalue weighted by Gasteiger charge is 2.20. The lowest BCUT2D eigenvalue weighted by atomic mass is 10.3. The van der Waals surface area contributed by atoms with Crippen LogP contribution in [0.3, 0.4) is 0 Å². The van der Waals surface area contributed by atoms with E-state index in [1.54, 1.807) is 14.0 Å². The minimum Gasteiger partial charge on any atom is -0.462 e. The predicted molar refractivity (Wildman–Crippen MR) is 73.5 cm³/mol. The van der Waals surface area contributed by atoms with Crippen LogP contribution in [-0.4, -0.2) is 39.3 Å². The van der Waals surface area contributed by atoms with Crippen LogP contribution < -0.4 is 5.32 Å². The van der Waals surface area contributed by atoms with E-state index in [4.69, 9.17) is 4.74 Å². The maximum Gasteiger partial charge on any atom is 0.341 e. The Hall–Kier alpha value is -2.97. The normalized spacial score (nSPS) is 10.2. The Bertz CT molecular complexity index is 682. The van der Waals surface area contributed by atoms with Gasteiger partial charge in [-0.3, -0.25) is 10.1 Å². The number of esters is 1. The maximum absolute atomic E-state index is 11.6. The zero-order valence-electron chi connectivity index (χ0n) is 11.4. The number of carbonyl (C=O) groups is 1. The van der Waals surface area contributed by atoms with Gasteiger partial charge < -0.3 is 10.1 Å². The minimum atomic E-state index is -0.562. The number of ether oxygens (including phenoxy) is 1. The lowest BCUT2D eigenvalue weighted by Gasteiger charge is -2.04. The van der Waals surface area contributed by atoms with Gasteiger partial charge in [0.2, 0.25) is 5.82 Å². The monoisotopic (exact) mass is 291 g/mol. The summed E-state index contributed by atoms with van der Waals surface area (Å²) in [6.45, 7) is 1.92. The second-order valence-electron chi connectivity index (χ2n) is 3.94. The minimum absolute atomic E-state index is 0.0161. The van der Waals surface area contributed by atoms with Crippen LogP contribution in [0.1, 0.15) is 17.3 Å². The molecule has 110 valence electrons. The molecule has 0 amide bonds. The van der Waals surface area contributed by atoms with E-state index in [2.05, 4.69) is 15.4 Å². The number of hydrogen-bond donors (Lipinski definition) is 1. The van der Waals surface area contributed by atoms with Crippen LogP contribution in [0.2, 0.25) is 0 Å². The van der Waals surface area contributed by atoms with Gasteiger partial charge in [0.05, 0.1) is 23.3 Å². The SMILES string of the molecule is CCOC(=O)c1cnn(-c2nc(NC)ccc2[N+](=O)[O-])c1. The van der Waals surface area contributed by atoms with Gasteiger partial charge in [-0.05, 0) is 13.0 Å². The Labute approximate surface area is 119 Å².